The smallest absolute Gasteiger partial charge is 0.179 e. The summed E-state index contributed by atoms with van der Waals surface area (Å²) < 4.78 is 3.96. The third kappa shape index (κ3) is 3.71. The molecule has 6 aromatic rings. The minimum absolute atomic E-state index is 0.632. The second-order valence-corrected chi connectivity index (χ2v) is 7.60. The molecule has 9 heteroatoms. The molecule has 0 aliphatic carbocycles. The SMILES string of the molecule is c1cn(-c2ccc(N(c3ccc(-c4nnn[nH]4)cc3)c3ccc(-n4ccnc4)cc3)cc2)cn1. The van der Waals surface area contributed by atoms with Gasteiger partial charge in [0.15, 0.2) is 5.82 Å². The molecular weight excluding hydrogens is 426 g/mol. The van der Waals surface area contributed by atoms with Crippen LogP contribution in [0.2, 0.25) is 0 Å². The maximum Gasteiger partial charge on any atom is 0.179 e. The first-order valence-electron chi connectivity index (χ1n) is 10.7. The molecule has 1 N–H and O–H groups in total. The molecule has 0 aliphatic rings. The highest BCUT2D eigenvalue weighted by Gasteiger charge is 2.14. The predicted molar refractivity (Wildman–Crippen MR) is 129 cm³/mol. The zero-order valence-corrected chi connectivity index (χ0v) is 18.0. The molecule has 3 heterocycles. The fraction of sp³-hybridized carbons (Fsp3) is 0. The second-order valence-electron chi connectivity index (χ2n) is 7.60. The van der Waals surface area contributed by atoms with Gasteiger partial charge in [-0.1, -0.05) is 0 Å². The first-order chi connectivity index (χ1) is 16.8. The highest BCUT2D eigenvalue weighted by Crippen LogP contribution is 2.36. The average molecular weight is 445 g/mol. The summed E-state index contributed by atoms with van der Waals surface area (Å²) in [4.78, 5) is 10.5. The van der Waals surface area contributed by atoms with Gasteiger partial charge in [-0.15, -0.1) is 5.10 Å². The number of nitrogens with zero attached hydrogens (tertiary/aromatic N) is 8. The molecule has 0 bridgehead atoms. The number of hydrogen-bond donors (Lipinski definition) is 1. The minimum Gasteiger partial charge on any atom is -0.311 e. The Morgan fingerprint density at radius 1 is 0.618 bits per heavy atom. The van der Waals surface area contributed by atoms with Gasteiger partial charge in [0.2, 0.25) is 0 Å². The van der Waals surface area contributed by atoms with Crippen molar-refractivity contribution >= 4 is 17.1 Å². The van der Waals surface area contributed by atoms with Gasteiger partial charge >= 0.3 is 0 Å². The van der Waals surface area contributed by atoms with Gasteiger partial charge in [0.25, 0.3) is 0 Å². The fourth-order valence-electron chi connectivity index (χ4n) is 3.87. The third-order valence-electron chi connectivity index (χ3n) is 5.57. The van der Waals surface area contributed by atoms with Crippen molar-refractivity contribution in [2.75, 3.05) is 4.90 Å². The van der Waals surface area contributed by atoms with Crippen molar-refractivity contribution < 1.29 is 0 Å². The molecule has 0 atom stereocenters. The van der Waals surface area contributed by atoms with Crippen molar-refractivity contribution in [3.8, 4) is 22.8 Å². The lowest BCUT2D eigenvalue weighted by Gasteiger charge is -2.26. The number of H-pyrrole nitrogens is 1. The molecule has 164 valence electrons. The maximum atomic E-state index is 4.14. The molecule has 0 amide bonds. The van der Waals surface area contributed by atoms with Crippen LogP contribution in [0.5, 0.6) is 0 Å². The average Bonchev–Trinajstić information content (AvgIpc) is 3.69. The van der Waals surface area contributed by atoms with Crippen LogP contribution in [0, 0.1) is 0 Å². The van der Waals surface area contributed by atoms with Gasteiger partial charge in [-0.3, -0.25) is 0 Å². The number of rotatable bonds is 6. The van der Waals surface area contributed by atoms with E-state index in [0.29, 0.717) is 5.82 Å². The van der Waals surface area contributed by atoms with Crippen LogP contribution in [0.25, 0.3) is 22.8 Å². The van der Waals surface area contributed by atoms with Gasteiger partial charge in [0, 0.05) is 58.8 Å². The van der Waals surface area contributed by atoms with Crippen molar-refractivity contribution in [2.45, 2.75) is 0 Å². The van der Waals surface area contributed by atoms with Crippen LogP contribution in [0.15, 0.2) is 110 Å². The van der Waals surface area contributed by atoms with E-state index in [2.05, 4.69) is 96.2 Å². The van der Waals surface area contributed by atoms with Crippen molar-refractivity contribution in [1.82, 2.24) is 39.7 Å². The van der Waals surface area contributed by atoms with Crippen LogP contribution in [-0.2, 0) is 0 Å². The normalized spacial score (nSPS) is 10.9. The molecule has 34 heavy (non-hydrogen) atoms. The Morgan fingerprint density at radius 2 is 1.12 bits per heavy atom. The fourth-order valence-corrected chi connectivity index (χ4v) is 3.87. The summed E-state index contributed by atoms with van der Waals surface area (Å²) in [6.45, 7) is 0. The van der Waals surface area contributed by atoms with E-state index in [-0.39, 0.29) is 0 Å². The summed E-state index contributed by atoms with van der Waals surface area (Å²) in [6, 6.07) is 24.9. The molecule has 0 radical (unpaired) electrons. The Kier molecular flexibility index (Phi) is 4.89. The number of benzene rings is 3. The Labute approximate surface area is 195 Å². The molecule has 3 aromatic heterocycles. The zero-order chi connectivity index (χ0) is 22.7. The highest BCUT2D eigenvalue weighted by atomic mass is 15.5. The molecular formula is C25H19N9. The van der Waals surface area contributed by atoms with Gasteiger partial charge in [-0.2, -0.15) is 0 Å². The van der Waals surface area contributed by atoms with Gasteiger partial charge in [0.1, 0.15) is 0 Å². The van der Waals surface area contributed by atoms with Crippen LogP contribution < -0.4 is 4.90 Å². The van der Waals surface area contributed by atoms with Crippen LogP contribution >= 0.6 is 0 Å². The lowest BCUT2D eigenvalue weighted by Crippen LogP contribution is -2.10. The summed E-state index contributed by atoms with van der Waals surface area (Å²) in [5.74, 6) is 0.632. The van der Waals surface area contributed by atoms with E-state index in [9.17, 15) is 0 Å². The number of hydrogen-bond acceptors (Lipinski definition) is 6. The molecule has 0 saturated heterocycles. The number of anilines is 3. The number of nitrogens with one attached hydrogen (secondary N) is 1. The summed E-state index contributed by atoms with van der Waals surface area (Å²) >= 11 is 0. The molecule has 0 aliphatic heterocycles. The van der Waals surface area contributed by atoms with E-state index < -0.39 is 0 Å². The van der Waals surface area contributed by atoms with E-state index in [1.54, 1.807) is 25.0 Å². The summed E-state index contributed by atoms with van der Waals surface area (Å²) in [6.07, 6.45) is 11.0. The molecule has 3 aromatic carbocycles. The largest absolute Gasteiger partial charge is 0.311 e. The van der Waals surface area contributed by atoms with Gasteiger partial charge in [-0.25, -0.2) is 15.1 Å². The molecule has 0 unspecified atom stereocenters. The predicted octanol–water partition coefficient (Wildman–Crippen LogP) is 4.71. The monoisotopic (exact) mass is 445 g/mol. The van der Waals surface area contributed by atoms with E-state index in [1.165, 1.54) is 0 Å². The van der Waals surface area contributed by atoms with Gasteiger partial charge in [0.05, 0.1) is 12.7 Å². The third-order valence-corrected chi connectivity index (χ3v) is 5.57. The lowest BCUT2D eigenvalue weighted by atomic mass is 10.1. The first-order valence-corrected chi connectivity index (χ1v) is 10.7. The van der Waals surface area contributed by atoms with Crippen LogP contribution in [0.3, 0.4) is 0 Å². The Hall–Kier alpha value is -5.05. The number of aromatic amines is 1. The lowest BCUT2D eigenvalue weighted by molar-refractivity contribution is 0.881. The zero-order valence-electron chi connectivity index (χ0n) is 18.0. The van der Waals surface area contributed by atoms with Crippen molar-refractivity contribution in [1.29, 1.82) is 0 Å². The van der Waals surface area contributed by atoms with Crippen molar-refractivity contribution in [2.24, 2.45) is 0 Å². The Morgan fingerprint density at radius 3 is 1.53 bits per heavy atom. The molecule has 0 spiro atoms. The highest BCUT2D eigenvalue weighted by molar-refractivity contribution is 5.78. The van der Waals surface area contributed by atoms with Gasteiger partial charge < -0.3 is 14.0 Å². The van der Waals surface area contributed by atoms with Crippen LogP contribution in [0.4, 0.5) is 17.1 Å². The van der Waals surface area contributed by atoms with Crippen molar-refractivity contribution in [3.05, 3.63) is 110 Å². The minimum atomic E-state index is 0.632. The first kappa shape index (κ1) is 19.6. The standard InChI is InChI=1S/C25H19N9/c1-3-22(4-2-19(1)25-28-30-31-29-25)34(23-9-5-20(6-10-23)32-15-13-26-17-32)24-11-7-21(8-12-24)33-16-14-27-18-33/h1-18H,(H,28,29,30,31). The van der Waals surface area contributed by atoms with Crippen LogP contribution in [-0.4, -0.2) is 39.7 Å². The summed E-state index contributed by atoms with van der Waals surface area (Å²) in [5, 5.41) is 14.1. The molecule has 6 rings (SSSR count). The quantitative estimate of drug-likeness (QED) is 0.399. The van der Waals surface area contributed by atoms with E-state index in [1.807, 2.05) is 33.7 Å². The van der Waals surface area contributed by atoms with E-state index >= 15 is 0 Å². The summed E-state index contributed by atoms with van der Waals surface area (Å²) in [5.41, 5.74) is 6.10. The van der Waals surface area contributed by atoms with Gasteiger partial charge in [-0.05, 0) is 83.2 Å². The molecule has 9 nitrogen and oxygen atoms in total. The summed E-state index contributed by atoms with van der Waals surface area (Å²) in [7, 11) is 0. The number of imidazole rings is 2. The van der Waals surface area contributed by atoms with E-state index in [0.717, 1.165) is 34.0 Å². The van der Waals surface area contributed by atoms with Crippen molar-refractivity contribution in [3.63, 3.8) is 0 Å². The maximum absolute atomic E-state index is 4.14. The number of tetrazole rings is 1. The number of aromatic nitrogens is 8. The topological polar surface area (TPSA) is 93.3 Å². The molecule has 0 saturated carbocycles. The Bertz CT molecular complexity index is 1270. The second kappa shape index (κ2) is 8.47. The molecule has 0 fully saturated rings. The van der Waals surface area contributed by atoms with Crippen LogP contribution in [0.1, 0.15) is 0 Å². The van der Waals surface area contributed by atoms with E-state index in [4.69, 9.17) is 0 Å². The Balaban J connectivity index is 1.39.